The van der Waals surface area contributed by atoms with Crippen molar-refractivity contribution >= 4 is 23.6 Å². The summed E-state index contributed by atoms with van der Waals surface area (Å²) in [6.45, 7) is 1.98. The topological polar surface area (TPSA) is 21.3 Å². The van der Waals surface area contributed by atoms with E-state index in [4.69, 9.17) is 4.52 Å². The Kier molecular flexibility index (Phi) is 2.97. The van der Waals surface area contributed by atoms with E-state index in [-0.39, 0.29) is 0 Å². The molecule has 0 radical (unpaired) electrons. The zero-order valence-corrected chi connectivity index (χ0v) is 13.6. The van der Waals surface area contributed by atoms with Crippen molar-refractivity contribution in [1.82, 2.24) is 0 Å². The predicted molar refractivity (Wildman–Crippen MR) is 95.6 cm³/mol. The zero-order valence-electron chi connectivity index (χ0n) is 12.7. The van der Waals surface area contributed by atoms with Crippen LogP contribution in [-0.2, 0) is 0 Å². The summed E-state index contributed by atoms with van der Waals surface area (Å²) in [5, 5.41) is 4.22. The Morgan fingerprint density at radius 1 is 0.826 bits per heavy atom. The number of nitrogens with one attached hydrogen (secondary N) is 1. The minimum absolute atomic E-state index is 0.540. The van der Waals surface area contributed by atoms with E-state index >= 15 is 4.20 Å². The molecule has 1 aliphatic rings. The molecule has 2 nitrogen and oxygen atoms in total. The molecule has 4 heteroatoms. The van der Waals surface area contributed by atoms with Gasteiger partial charge in [-0.2, -0.15) is 0 Å². The molecule has 4 rings (SSSR count). The number of rotatable bonds is 2. The normalized spacial score (nSPS) is 18.8. The van der Waals surface area contributed by atoms with Gasteiger partial charge in [0, 0.05) is 0 Å². The van der Waals surface area contributed by atoms with Gasteiger partial charge in [-0.1, -0.05) is 0 Å². The number of anilines is 1. The summed E-state index contributed by atoms with van der Waals surface area (Å²) < 4.78 is 22.9. The standard InChI is InChI=1S/C19H17FNOP/c1-15-12-13-19-18(14-15)21-23(20,22-19,16-8-4-2-5-9-16)17-10-6-3-7-11-17/h2-14,21H,1H3. The SMILES string of the molecule is Cc1ccc2c(c1)NP(F)(c1ccccc1)(c1ccccc1)O2. The molecular formula is C19H17FNOP. The number of benzene rings is 3. The fourth-order valence-corrected chi connectivity index (χ4v) is 6.36. The molecule has 0 bridgehead atoms. The van der Waals surface area contributed by atoms with Crippen LogP contribution in [0, 0.1) is 6.92 Å². The van der Waals surface area contributed by atoms with Crippen molar-refractivity contribution < 1.29 is 8.72 Å². The summed E-state index contributed by atoms with van der Waals surface area (Å²) in [7, 11) is -4.46. The fourth-order valence-electron chi connectivity index (χ4n) is 3.01. The second kappa shape index (κ2) is 4.81. The van der Waals surface area contributed by atoms with Crippen LogP contribution in [0.5, 0.6) is 5.75 Å². The first-order valence-electron chi connectivity index (χ1n) is 7.54. The predicted octanol–water partition coefficient (Wildman–Crippen LogP) is 4.72. The van der Waals surface area contributed by atoms with Gasteiger partial charge in [0.25, 0.3) is 0 Å². The molecule has 0 saturated heterocycles. The molecule has 3 aromatic rings. The summed E-state index contributed by atoms with van der Waals surface area (Å²) >= 11 is 0. The van der Waals surface area contributed by atoms with Gasteiger partial charge in [0.05, 0.1) is 0 Å². The molecule has 0 saturated carbocycles. The van der Waals surface area contributed by atoms with Crippen LogP contribution in [-0.4, -0.2) is 0 Å². The van der Waals surface area contributed by atoms with Crippen molar-refractivity contribution in [3.05, 3.63) is 84.4 Å². The van der Waals surface area contributed by atoms with E-state index in [9.17, 15) is 0 Å². The molecule has 1 N–H and O–H groups in total. The summed E-state index contributed by atoms with van der Waals surface area (Å²) in [5.74, 6) is 0.559. The van der Waals surface area contributed by atoms with Gasteiger partial charge in [0.2, 0.25) is 0 Å². The maximum absolute atomic E-state index is 16.9. The summed E-state index contributed by atoms with van der Waals surface area (Å²) in [6, 6.07) is 24.0. The van der Waals surface area contributed by atoms with Crippen LogP contribution in [0.1, 0.15) is 5.56 Å². The first kappa shape index (κ1) is 14.2. The molecule has 0 unspecified atom stereocenters. The van der Waals surface area contributed by atoms with Crippen molar-refractivity contribution in [3.63, 3.8) is 0 Å². The Hall–Kier alpha value is -2.38. The number of hydrogen-bond donors (Lipinski definition) is 1. The van der Waals surface area contributed by atoms with Crippen molar-refractivity contribution in [2.24, 2.45) is 0 Å². The van der Waals surface area contributed by atoms with E-state index in [0.717, 1.165) is 5.56 Å². The maximum atomic E-state index is 16.9. The van der Waals surface area contributed by atoms with Crippen LogP contribution in [0.2, 0.25) is 0 Å². The number of halogens is 1. The Bertz CT molecular complexity index is 828. The van der Waals surface area contributed by atoms with Crippen LogP contribution in [0.25, 0.3) is 0 Å². The third-order valence-electron chi connectivity index (χ3n) is 4.16. The molecule has 1 heterocycles. The summed E-state index contributed by atoms with van der Waals surface area (Å²) in [5.41, 5.74) is 1.77. The van der Waals surface area contributed by atoms with Crippen LogP contribution in [0.3, 0.4) is 0 Å². The molecular weight excluding hydrogens is 308 g/mol. The minimum atomic E-state index is -4.46. The van der Waals surface area contributed by atoms with E-state index in [1.165, 1.54) is 0 Å². The zero-order chi connectivity index (χ0) is 15.9. The van der Waals surface area contributed by atoms with Gasteiger partial charge in [0.15, 0.2) is 0 Å². The van der Waals surface area contributed by atoms with E-state index in [0.29, 0.717) is 22.0 Å². The number of fused-ring (bicyclic) bond motifs is 1. The second-order valence-corrected chi connectivity index (χ2v) is 9.11. The molecule has 0 atom stereocenters. The fraction of sp³-hybridized carbons (Fsp3) is 0.0526. The van der Waals surface area contributed by atoms with Crippen LogP contribution >= 0.6 is 7.29 Å². The Labute approximate surface area is 135 Å². The molecule has 0 amide bonds. The second-order valence-electron chi connectivity index (χ2n) is 5.81. The van der Waals surface area contributed by atoms with E-state index < -0.39 is 7.29 Å². The van der Waals surface area contributed by atoms with Gasteiger partial charge in [-0.25, -0.2) is 0 Å². The van der Waals surface area contributed by atoms with Crippen molar-refractivity contribution in [1.29, 1.82) is 0 Å². The summed E-state index contributed by atoms with van der Waals surface area (Å²) in [6.07, 6.45) is 0. The third kappa shape index (κ3) is 2.04. The molecule has 23 heavy (non-hydrogen) atoms. The van der Waals surface area contributed by atoms with Crippen LogP contribution < -0.4 is 20.2 Å². The first-order valence-corrected chi connectivity index (χ1v) is 9.58. The average Bonchev–Trinajstić information content (AvgIpc) is 2.91. The molecule has 0 fully saturated rings. The van der Waals surface area contributed by atoms with E-state index in [2.05, 4.69) is 5.09 Å². The molecule has 1 aliphatic heterocycles. The average molecular weight is 325 g/mol. The molecule has 0 spiro atoms. The van der Waals surface area contributed by atoms with Gasteiger partial charge in [0.1, 0.15) is 0 Å². The van der Waals surface area contributed by atoms with E-state index in [1.54, 1.807) is 24.3 Å². The first-order chi connectivity index (χ1) is 11.1. The van der Waals surface area contributed by atoms with Crippen molar-refractivity contribution in [2.75, 3.05) is 5.09 Å². The Morgan fingerprint density at radius 2 is 1.39 bits per heavy atom. The summed E-state index contributed by atoms with van der Waals surface area (Å²) in [4.78, 5) is 0. The van der Waals surface area contributed by atoms with Crippen molar-refractivity contribution in [2.45, 2.75) is 6.92 Å². The monoisotopic (exact) mass is 325 g/mol. The van der Waals surface area contributed by atoms with Gasteiger partial charge >= 0.3 is 134 Å². The number of aryl methyl sites for hydroxylation is 1. The number of hydrogen-bond acceptors (Lipinski definition) is 2. The quantitative estimate of drug-likeness (QED) is 0.689. The van der Waals surface area contributed by atoms with Crippen molar-refractivity contribution in [3.8, 4) is 5.75 Å². The van der Waals surface area contributed by atoms with Crippen LogP contribution in [0.4, 0.5) is 9.88 Å². The molecule has 0 aliphatic carbocycles. The van der Waals surface area contributed by atoms with Gasteiger partial charge < -0.3 is 0 Å². The van der Waals surface area contributed by atoms with Gasteiger partial charge in [-0.05, 0) is 0 Å². The van der Waals surface area contributed by atoms with Crippen LogP contribution in [0.15, 0.2) is 78.9 Å². The van der Waals surface area contributed by atoms with Gasteiger partial charge in [-0.3, -0.25) is 0 Å². The molecule has 0 aromatic heterocycles. The Morgan fingerprint density at radius 3 is 1.96 bits per heavy atom. The van der Waals surface area contributed by atoms with Gasteiger partial charge in [-0.15, -0.1) is 0 Å². The molecule has 3 aromatic carbocycles. The van der Waals surface area contributed by atoms with E-state index in [1.807, 2.05) is 61.5 Å². The third-order valence-corrected chi connectivity index (χ3v) is 7.78. The molecule has 116 valence electrons. The Balaban J connectivity index is 1.99.